The van der Waals surface area contributed by atoms with E-state index in [0.717, 1.165) is 56.0 Å². The van der Waals surface area contributed by atoms with Gasteiger partial charge in [0.1, 0.15) is 11.6 Å². The van der Waals surface area contributed by atoms with Gasteiger partial charge in [0.2, 0.25) is 0 Å². The van der Waals surface area contributed by atoms with Crippen molar-refractivity contribution in [3.05, 3.63) is 47.2 Å². The summed E-state index contributed by atoms with van der Waals surface area (Å²) in [5, 5.41) is 0. The summed E-state index contributed by atoms with van der Waals surface area (Å²) in [5.74, 6) is 1.79. The average Bonchev–Trinajstić information content (AvgIpc) is 2.92. The Bertz CT molecular complexity index is 923. The van der Waals surface area contributed by atoms with Gasteiger partial charge in [-0.05, 0) is 49.8 Å². The lowest BCUT2D eigenvalue weighted by molar-refractivity contribution is 0.333. The number of fused-ring (bicyclic) bond motifs is 2. The van der Waals surface area contributed by atoms with Crippen LogP contribution in [0.1, 0.15) is 41.9 Å². The molecule has 0 N–H and O–H groups in total. The molecule has 0 saturated carbocycles. The van der Waals surface area contributed by atoms with Crippen LogP contribution in [0.25, 0.3) is 0 Å². The van der Waals surface area contributed by atoms with Crippen LogP contribution in [0.4, 0.5) is 5.82 Å². The lowest BCUT2D eigenvalue weighted by Crippen LogP contribution is -2.45. The fourth-order valence-corrected chi connectivity index (χ4v) is 5.12. The highest BCUT2D eigenvalue weighted by atomic mass is 32.2. The van der Waals surface area contributed by atoms with Crippen LogP contribution in [0.3, 0.4) is 0 Å². The number of aryl methyl sites for hydroxylation is 2. The number of piperidine rings is 1. The van der Waals surface area contributed by atoms with Crippen molar-refractivity contribution in [1.82, 2.24) is 15.0 Å². The fraction of sp³-hybridized carbons (Fsp3) is 0.526. The van der Waals surface area contributed by atoms with Gasteiger partial charge in [-0.1, -0.05) is 6.07 Å². The topological polar surface area (TPSA) is 76.1 Å². The van der Waals surface area contributed by atoms with E-state index < -0.39 is 9.84 Å². The van der Waals surface area contributed by atoms with Gasteiger partial charge in [-0.15, -0.1) is 0 Å². The molecule has 1 unspecified atom stereocenters. The van der Waals surface area contributed by atoms with Crippen LogP contribution in [-0.2, 0) is 27.4 Å². The lowest BCUT2D eigenvalue weighted by atomic mass is 9.77. The Balaban J connectivity index is 1.58. The number of hydrogen-bond acceptors (Lipinski definition) is 6. The van der Waals surface area contributed by atoms with Crippen molar-refractivity contribution in [1.29, 1.82) is 0 Å². The number of aromatic nitrogens is 3. The van der Waals surface area contributed by atoms with Crippen molar-refractivity contribution < 1.29 is 8.42 Å². The van der Waals surface area contributed by atoms with E-state index in [-0.39, 0.29) is 11.2 Å². The molecule has 1 atom stereocenters. The highest BCUT2D eigenvalue weighted by Gasteiger charge is 2.43. The fourth-order valence-electron chi connectivity index (χ4n) is 4.35. The third kappa shape index (κ3) is 3.32. The second-order valence-electron chi connectivity index (χ2n) is 7.69. The Hall–Kier alpha value is -2.02. The van der Waals surface area contributed by atoms with E-state index in [1.807, 2.05) is 25.3 Å². The first-order valence-corrected chi connectivity index (χ1v) is 11.1. The van der Waals surface area contributed by atoms with Gasteiger partial charge in [0.05, 0.1) is 11.4 Å². The van der Waals surface area contributed by atoms with Gasteiger partial charge in [-0.25, -0.2) is 23.4 Å². The predicted octanol–water partition coefficient (Wildman–Crippen LogP) is 2.21. The van der Waals surface area contributed by atoms with Crippen molar-refractivity contribution in [2.75, 3.05) is 24.2 Å². The number of rotatable bonds is 3. The Kier molecular flexibility index (Phi) is 4.22. The second kappa shape index (κ2) is 6.30. The van der Waals surface area contributed by atoms with E-state index in [0.29, 0.717) is 0 Å². The first kappa shape index (κ1) is 17.4. The number of anilines is 1. The van der Waals surface area contributed by atoms with Crippen LogP contribution in [0.5, 0.6) is 0 Å². The Morgan fingerprint density at radius 3 is 2.77 bits per heavy atom. The molecule has 1 aliphatic carbocycles. The molecule has 2 aromatic heterocycles. The first-order chi connectivity index (χ1) is 12.3. The van der Waals surface area contributed by atoms with Gasteiger partial charge in [0.15, 0.2) is 9.84 Å². The predicted molar refractivity (Wildman–Crippen MR) is 101 cm³/mol. The van der Waals surface area contributed by atoms with Crippen molar-refractivity contribution in [3.8, 4) is 0 Å². The summed E-state index contributed by atoms with van der Waals surface area (Å²) < 4.78 is 22.9. The van der Waals surface area contributed by atoms with Crippen molar-refractivity contribution in [2.24, 2.45) is 0 Å². The van der Waals surface area contributed by atoms with E-state index in [9.17, 15) is 8.42 Å². The normalized spacial score (nSPS) is 22.6. The Labute approximate surface area is 154 Å². The molecule has 1 aliphatic heterocycles. The van der Waals surface area contributed by atoms with E-state index in [1.165, 1.54) is 17.5 Å². The highest BCUT2D eigenvalue weighted by molar-refractivity contribution is 7.89. The molecule has 26 heavy (non-hydrogen) atoms. The SMILES string of the molecule is Cc1ncc2c(n1)C1(CCCN(c3ccc(CS(C)(=O)=O)cn3)C1)CC2. The quantitative estimate of drug-likeness (QED) is 0.822. The minimum atomic E-state index is -3.04. The summed E-state index contributed by atoms with van der Waals surface area (Å²) in [7, 11) is -3.04. The summed E-state index contributed by atoms with van der Waals surface area (Å²) in [4.78, 5) is 16.0. The second-order valence-corrected chi connectivity index (χ2v) is 9.83. The van der Waals surface area contributed by atoms with Gasteiger partial charge >= 0.3 is 0 Å². The molecular weight excluding hydrogens is 348 g/mol. The van der Waals surface area contributed by atoms with Crippen molar-refractivity contribution in [2.45, 2.75) is 43.8 Å². The van der Waals surface area contributed by atoms with E-state index in [1.54, 1.807) is 6.20 Å². The molecule has 1 saturated heterocycles. The number of pyridine rings is 1. The molecule has 1 fully saturated rings. The molecule has 0 radical (unpaired) electrons. The maximum Gasteiger partial charge on any atom is 0.151 e. The van der Waals surface area contributed by atoms with Crippen LogP contribution < -0.4 is 4.90 Å². The minimum absolute atomic E-state index is 0.0355. The highest BCUT2D eigenvalue weighted by Crippen LogP contribution is 2.44. The summed E-state index contributed by atoms with van der Waals surface area (Å²) in [6.45, 7) is 3.84. The molecule has 0 amide bonds. The maximum absolute atomic E-state index is 11.5. The molecule has 2 aromatic rings. The van der Waals surface area contributed by atoms with Gasteiger partial charge in [-0.3, -0.25) is 0 Å². The maximum atomic E-state index is 11.5. The molecular formula is C19H24N4O2S. The number of nitrogens with zero attached hydrogens (tertiary/aromatic N) is 4. The largest absolute Gasteiger partial charge is 0.356 e. The monoisotopic (exact) mass is 372 g/mol. The van der Waals surface area contributed by atoms with Crippen LogP contribution in [0.15, 0.2) is 24.5 Å². The van der Waals surface area contributed by atoms with Crippen LogP contribution in [0.2, 0.25) is 0 Å². The Morgan fingerprint density at radius 1 is 1.19 bits per heavy atom. The van der Waals surface area contributed by atoms with E-state index in [4.69, 9.17) is 4.98 Å². The molecule has 2 aliphatic rings. The third-order valence-corrected chi connectivity index (χ3v) is 6.36. The summed E-state index contributed by atoms with van der Waals surface area (Å²) in [6.07, 6.45) is 9.34. The summed E-state index contributed by atoms with van der Waals surface area (Å²) in [5.41, 5.74) is 3.34. The van der Waals surface area contributed by atoms with Crippen LogP contribution in [0, 0.1) is 6.92 Å². The molecule has 0 bridgehead atoms. The zero-order chi connectivity index (χ0) is 18.4. The first-order valence-electron chi connectivity index (χ1n) is 9.05. The molecule has 3 heterocycles. The standard InChI is InChI=1S/C19H24N4O2S/c1-14-20-11-16-6-8-19(18(16)22-14)7-3-9-23(13-19)17-5-4-15(10-21-17)12-26(2,24)25/h4-5,10-11H,3,6-9,12-13H2,1-2H3. The van der Waals surface area contributed by atoms with Crippen LogP contribution >= 0.6 is 0 Å². The number of hydrogen-bond donors (Lipinski definition) is 0. The molecule has 7 heteroatoms. The lowest BCUT2D eigenvalue weighted by Gasteiger charge is -2.41. The molecule has 0 aromatic carbocycles. The smallest absolute Gasteiger partial charge is 0.151 e. The molecule has 4 rings (SSSR count). The number of sulfone groups is 1. The molecule has 138 valence electrons. The molecule has 1 spiro atoms. The van der Waals surface area contributed by atoms with Crippen molar-refractivity contribution in [3.63, 3.8) is 0 Å². The zero-order valence-corrected chi connectivity index (χ0v) is 16.1. The Morgan fingerprint density at radius 2 is 2.04 bits per heavy atom. The van der Waals surface area contributed by atoms with Crippen molar-refractivity contribution >= 4 is 15.7 Å². The summed E-state index contributed by atoms with van der Waals surface area (Å²) in [6, 6.07) is 3.82. The third-order valence-electron chi connectivity index (χ3n) is 5.50. The molecule has 6 nitrogen and oxygen atoms in total. The van der Waals surface area contributed by atoms with Gasteiger partial charge < -0.3 is 4.90 Å². The van der Waals surface area contributed by atoms with Gasteiger partial charge in [0.25, 0.3) is 0 Å². The van der Waals surface area contributed by atoms with E-state index in [2.05, 4.69) is 14.9 Å². The van der Waals surface area contributed by atoms with Crippen LogP contribution in [-0.4, -0.2) is 42.7 Å². The van der Waals surface area contributed by atoms with E-state index >= 15 is 0 Å². The average molecular weight is 372 g/mol. The zero-order valence-electron chi connectivity index (χ0n) is 15.3. The van der Waals surface area contributed by atoms with Gasteiger partial charge in [0, 0.05) is 37.2 Å². The van der Waals surface area contributed by atoms with Gasteiger partial charge in [-0.2, -0.15) is 0 Å². The summed E-state index contributed by atoms with van der Waals surface area (Å²) >= 11 is 0. The minimum Gasteiger partial charge on any atom is -0.356 e.